The maximum Gasteiger partial charge on any atom is 0.338 e. The fourth-order valence-corrected chi connectivity index (χ4v) is 2.35. The Labute approximate surface area is 109 Å². The van der Waals surface area contributed by atoms with Gasteiger partial charge in [0.1, 0.15) is 24.1 Å². The first kappa shape index (κ1) is 12.4. The van der Waals surface area contributed by atoms with E-state index < -0.39 is 30.4 Å². The van der Waals surface area contributed by atoms with Crippen molar-refractivity contribution in [3.05, 3.63) is 29.8 Å². The molecule has 1 aromatic rings. The molecule has 0 saturated carbocycles. The summed E-state index contributed by atoms with van der Waals surface area (Å²) in [5.41, 5.74) is 0.347. The van der Waals surface area contributed by atoms with Crippen LogP contribution in [0.5, 0.6) is 5.75 Å². The summed E-state index contributed by atoms with van der Waals surface area (Å²) in [5, 5.41) is 18.7. The minimum Gasteiger partial charge on any atom is -0.508 e. The van der Waals surface area contributed by atoms with Crippen LogP contribution in [0.4, 0.5) is 0 Å². The number of aromatic hydroxyl groups is 1. The lowest BCUT2D eigenvalue weighted by Gasteiger charge is -2.16. The molecule has 0 radical (unpaired) electrons. The highest BCUT2D eigenvalue weighted by Crippen LogP contribution is 2.29. The van der Waals surface area contributed by atoms with Gasteiger partial charge in [-0.1, -0.05) is 0 Å². The van der Waals surface area contributed by atoms with Gasteiger partial charge in [0.15, 0.2) is 6.10 Å². The molecule has 2 saturated heterocycles. The molecule has 0 aromatic heterocycles. The van der Waals surface area contributed by atoms with Gasteiger partial charge in [-0.3, -0.25) is 0 Å². The average Bonchev–Trinajstić information content (AvgIpc) is 2.95. The quantitative estimate of drug-likeness (QED) is 0.737. The van der Waals surface area contributed by atoms with E-state index in [0.29, 0.717) is 5.56 Å². The second kappa shape index (κ2) is 4.80. The lowest BCUT2D eigenvalue weighted by Crippen LogP contribution is -2.34. The third-order valence-corrected chi connectivity index (χ3v) is 3.34. The molecule has 1 aromatic carbocycles. The smallest absolute Gasteiger partial charge is 0.338 e. The minimum absolute atomic E-state index is 0.0862. The Morgan fingerprint density at radius 3 is 2.58 bits per heavy atom. The molecule has 4 atom stereocenters. The molecular weight excluding hydrogens is 252 g/mol. The van der Waals surface area contributed by atoms with Crippen molar-refractivity contribution < 1.29 is 29.2 Å². The van der Waals surface area contributed by atoms with Crippen LogP contribution in [0.15, 0.2) is 24.3 Å². The Morgan fingerprint density at radius 2 is 1.84 bits per heavy atom. The first-order valence-corrected chi connectivity index (χ1v) is 6.06. The monoisotopic (exact) mass is 266 g/mol. The number of rotatable bonds is 2. The molecule has 2 aliphatic rings. The number of phenols is 1. The van der Waals surface area contributed by atoms with E-state index in [-0.39, 0.29) is 19.0 Å². The third-order valence-electron chi connectivity index (χ3n) is 3.34. The third kappa shape index (κ3) is 2.30. The summed E-state index contributed by atoms with van der Waals surface area (Å²) in [6, 6.07) is 5.80. The van der Waals surface area contributed by atoms with Crippen molar-refractivity contribution in [1.82, 2.24) is 0 Å². The van der Waals surface area contributed by atoms with Crippen molar-refractivity contribution in [3.8, 4) is 5.75 Å². The second-order valence-electron chi connectivity index (χ2n) is 4.65. The maximum absolute atomic E-state index is 11.9. The standard InChI is InChI=1S/C13H14O6/c14-8-3-1-7(2-4-8)13(16)19-10-6-18-11-9(15)5-17-12(10)11/h1-4,9-12,14-15H,5-6H2. The molecule has 2 aliphatic heterocycles. The number of phenolic OH excluding ortho intramolecular Hbond substituents is 1. The largest absolute Gasteiger partial charge is 0.508 e. The maximum atomic E-state index is 11.9. The Balaban J connectivity index is 1.66. The number of hydrogen-bond acceptors (Lipinski definition) is 6. The van der Waals surface area contributed by atoms with Gasteiger partial charge >= 0.3 is 5.97 Å². The normalized spacial score (nSPS) is 33.1. The number of aliphatic hydroxyl groups excluding tert-OH is 1. The van der Waals surface area contributed by atoms with E-state index >= 15 is 0 Å². The molecule has 0 amide bonds. The van der Waals surface area contributed by atoms with Gasteiger partial charge in [0.2, 0.25) is 0 Å². The Hall–Kier alpha value is -1.63. The fraction of sp³-hybridized carbons (Fsp3) is 0.462. The summed E-state index contributed by atoms with van der Waals surface area (Å²) in [6.07, 6.45) is -2.00. The van der Waals surface area contributed by atoms with Gasteiger partial charge in [-0.25, -0.2) is 4.79 Å². The summed E-state index contributed by atoms with van der Waals surface area (Å²) in [4.78, 5) is 11.9. The van der Waals surface area contributed by atoms with Crippen LogP contribution in [-0.2, 0) is 14.2 Å². The van der Waals surface area contributed by atoms with Crippen molar-refractivity contribution in [2.24, 2.45) is 0 Å². The highest BCUT2D eigenvalue weighted by atomic mass is 16.6. The number of ether oxygens (including phenoxy) is 3. The topological polar surface area (TPSA) is 85.2 Å². The SMILES string of the molecule is O=C(OC1COC2C(O)COC12)c1ccc(O)cc1. The molecule has 2 heterocycles. The molecule has 6 nitrogen and oxygen atoms in total. The molecule has 4 unspecified atom stereocenters. The molecule has 2 fully saturated rings. The van der Waals surface area contributed by atoms with Crippen LogP contribution in [-0.4, -0.2) is 53.8 Å². The van der Waals surface area contributed by atoms with Gasteiger partial charge in [0.05, 0.1) is 18.8 Å². The van der Waals surface area contributed by atoms with E-state index in [0.717, 1.165) is 0 Å². The van der Waals surface area contributed by atoms with Gasteiger partial charge < -0.3 is 24.4 Å². The zero-order chi connectivity index (χ0) is 13.4. The summed E-state index contributed by atoms with van der Waals surface area (Å²) >= 11 is 0. The Bertz CT molecular complexity index is 471. The van der Waals surface area contributed by atoms with Crippen LogP contribution < -0.4 is 0 Å². The number of hydrogen-bond donors (Lipinski definition) is 2. The van der Waals surface area contributed by atoms with Crippen molar-refractivity contribution in [1.29, 1.82) is 0 Å². The number of fused-ring (bicyclic) bond motifs is 1. The zero-order valence-corrected chi connectivity index (χ0v) is 10.1. The van der Waals surface area contributed by atoms with Crippen LogP contribution in [0.2, 0.25) is 0 Å². The second-order valence-corrected chi connectivity index (χ2v) is 4.65. The van der Waals surface area contributed by atoms with E-state index in [4.69, 9.17) is 19.3 Å². The van der Waals surface area contributed by atoms with E-state index in [1.54, 1.807) is 0 Å². The molecule has 0 spiro atoms. The molecule has 102 valence electrons. The number of carbonyl (C=O) groups is 1. The van der Waals surface area contributed by atoms with Crippen LogP contribution in [0.1, 0.15) is 10.4 Å². The van der Waals surface area contributed by atoms with Crippen molar-refractivity contribution in [2.75, 3.05) is 13.2 Å². The van der Waals surface area contributed by atoms with E-state index in [9.17, 15) is 9.90 Å². The van der Waals surface area contributed by atoms with E-state index in [2.05, 4.69) is 0 Å². The summed E-state index contributed by atoms with van der Waals surface area (Å²) in [6.45, 7) is 0.415. The van der Waals surface area contributed by atoms with Crippen molar-refractivity contribution >= 4 is 5.97 Å². The van der Waals surface area contributed by atoms with Crippen LogP contribution in [0, 0.1) is 0 Å². The summed E-state index contributed by atoms with van der Waals surface area (Å²) in [5.74, 6) is -0.415. The lowest BCUT2D eigenvalue weighted by molar-refractivity contribution is -0.0209. The number of carbonyl (C=O) groups excluding carboxylic acids is 1. The summed E-state index contributed by atoms with van der Waals surface area (Å²) < 4.78 is 16.0. The number of aliphatic hydroxyl groups is 1. The first-order valence-electron chi connectivity index (χ1n) is 6.06. The van der Waals surface area contributed by atoms with Gasteiger partial charge in [-0.05, 0) is 24.3 Å². The number of esters is 1. The van der Waals surface area contributed by atoms with Gasteiger partial charge in [-0.15, -0.1) is 0 Å². The van der Waals surface area contributed by atoms with E-state index in [1.165, 1.54) is 24.3 Å². The predicted molar refractivity (Wildman–Crippen MR) is 62.8 cm³/mol. The molecule has 0 bridgehead atoms. The van der Waals surface area contributed by atoms with Crippen LogP contribution in [0.3, 0.4) is 0 Å². The Kier molecular flexibility index (Phi) is 3.14. The molecule has 3 rings (SSSR count). The van der Waals surface area contributed by atoms with Crippen molar-refractivity contribution in [3.63, 3.8) is 0 Å². The average molecular weight is 266 g/mol. The lowest BCUT2D eigenvalue weighted by atomic mass is 10.1. The highest BCUT2D eigenvalue weighted by molar-refractivity contribution is 5.89. The number of benzene rings is 1. The fourth-order valence-electron chi connectivity index (χ4n) is 2.35. The first-order chi connectivity index (χ1) is 9.15. The molecule has 6 heteroatoms. The molecule has 0 aliphatic carbocycles. The minimum atomic E-state index is -0.664. The molecule has 2 N–H and O–H groups in total. The van der Waals surface area contributed by atoms with E-state index in [1.807, 2.05) is 0 Å². The van der Waals surface area contributed by atoms with Crippen molar-refractivity contribution in [2.45, 2.75) is 24.4 Å². The van der Waals surface area contributed by atoms with Gasteiger partial charge in [-0.2, -0.15) is 0 Å². The highest BCUT2D eigenvalue weighted by Gasteiger charge is 2.48. The van der Waals surface area contributed by atoms with Gasteiger partial charge in [0.25, 0.3) is 0 Å². The zero-order valence-electron chi connectivity index (χ0n) is 10.1. The van der Waals surface area contributed by atoms with Gasteiger partial charge in [0, 0.05) is 0 Å². The van der Waals surface area contributed by atoms with Crippen LogP contribution in [0.25, 0.3) is 0 Å². The van der Waals surface area contributed by atoms with Crippen LogP contribution >= 0.6 is 0 Å². The molecule has 19 heavy (non-hydrogen) atoms. The summed E-state index contributed by atoms with van der Waals surface area (Å²) in [7, 11) is 0. The Morgan fingerprint density at radius 1 is 1.16 bits per heavy atom. The molecular formula is C13H14O6. The predicted octanol–water partition coefficient (Wildman–Crippen LogP) is 0.0761.